The van der Waals surface area contributed by atoms with E-state index >= 15 is 0 Å². The standard InChI is InChI=1S/C14H13ClN2O2/c1-9-6-11(7-13(15)17-9)14(19)16-8-10-2-4-12(18)5-3-10/h2-7,18H,8H2,1H3,(H,16,19). The van der Waals surface area contributed by atoms with Gasteiger partial charge in [-0.05, 0) is 36.8 Å². The molecule has 0 aliphatic carbocycles. The molecule has 1 heterocycles. The van der Waals surface area contributed by atoms with Crippen LogP contribution in [0.3, 0.4) is 0 Å². The average Bonchev–Trinajstić information content (AvgIpc) is 2.36. The molecule has 0 aliphatic rings. The predicted molar refractivity (Wildman–Crippen MR) is 73.3 cm³/mol. The molecule has 0 atom stereocenters. The number of carbonyl (C=O) groups excluding carboxylic acids is 1. The molecule has 98 valence electrons. The van der Waals surface area contributed by atoms with Gasteiger partial charge in [-0.25, -0.2) is 4.98 Å². The van der Waals surface area contributed by atoms with Crippen LogP contribution in [0.25, 0.3) is 0 Å². The number of phenolic OH excluding ortho intramolecular Hbond substituents is 1. The lowest BCUT2D eigenvalue weighted by Gasteiger charge is -2.06. The van der Waals surface area contributed by atoms with Crippen LogP contribution in [0.2, 0.25) is 5.15 Å². The highest BCUT2D eigenvalue weighted by Crippen LogP contribution is 2.12. The van der Waals surface area contributed by atoms with Gasteiger partial charge in [0.15, 0.2) is 0 Å². The number of pyridine rings is 1. The van der Waals surface area contributed by atoms with Crippen molar-refractivity contribution in [3.63, 3.8) is 0 Å². The fraction of sp³-hybridized carbons (Fsp3) is 0.143. The van der Waals surface area contributed by atoms with Crippen molar-refractivity contribution in [2.45, 2.75) is 13.5 Å². The molecule has 5 heteroatoms. The highest BCUT2D eigenvalue weighted by atomic mass is 35.5. The minimum atomic E-state index is -0.208. The van der Waals surface area contributed by atoms with Crippen LogP contribution in [0.4, 0.5) is 0 Å². The van der Waals surface area contributed by atoms with Crippen LogP contribution in [0.5, 0.6) is 5.75 Å². The molecule has 2 rings (SSSR count). The van der Waals surface area contributed by atoms with E-state index in [1.54, 1.807) is 37.3 Å². The Morgan fingerprint density at radius 1 is 1.32 bits per heavy atom. The van der Waals surface area contributed by atoms with Gasteiger partial charge in [0.2, 0.25) is 0 Å². The lowest BCUT2D eigenvalue weighted by atomic mass is 10.2. The number of nitrogens with one attached hydrogen (secondary N) is 1. The molecule has 2 N–H and O–H groups in total. The van der Waals surface area contributed by atoms with Crippen molar-refractivity contribution in [2.24, 2.45) is 0 Å². The van der Waals surface area contributed by atoms with Crippen LogP contribution in [0.15, 0.2) is 36.4 Å². The summed E-state index contributed by atoms with van der Waals surface area (Å²) in [7, 11) is 0. The number of hydrogen-bond acceptors (Lipinski definition) is 3. The SMILES string of the molecule is Cc1cc(C(=O)NCc2ccc(O)cc2)cc(Cl)n1. The second-order valence-corrected chi connectivity index (χ2v) is 4.56. The van der Waals surface area contributed by atoms with E-state index in [1.165, 1.54) is 6.07 Å². The summed E-state index contributed by atoms with van der Waals surface area (Å²) in [6, 6.07) is 9.86. The van der Waals surface area contributed by atoms with Crippen LogP contribution < -0.4 is 5.32 Å². The first-order valence-electron chi connectivity index (χ1n) is 5.75. The molecule has 1 aromatic carbocycles. The van der Waals surface area contributed by atoms with Crippen LogP contribution in [0, 0.1) is 6.92 Å². The Balaban J connectivity index is 2.03. The lowest BCUT2D eigenvalue weighted by Crippen LogP contribution is -2.22. The van der Waals surface area contributed by atoms with E-state index in [0.717, 1.165) is 5.56 Å². The van der Waals surface area contributed by atoms with Gasteiger partial charge >= 0.3 is 0 Å². The summed E-state index contributed by atoms with van der Waals surface area (Å²) in [5.41, 5.74) is 2.08. The van der Waals surface area contributed by atoms with Crippen molar-refractivity contribution in [3.8, 4) is 5.75 Å². The van der Waals surface area contributed by atoms with Crippen LogP contribution in [-0.4, -0.2) is 16.0 Å². The first-order valence-corrected chi connectivity index (χ1v) is 6.13. The molecule has 0 saturated heterocycles. The fourth-order valence-corrected chi connectivity index (χ4v) is 1.91. The van der Waals surface area contributed by atoms with E-state index in [0.29, 0.717) is 23.0 Å². The van der Waals surface area contributed by atoms with E-state index in [2.05, 4.69) is 10.3 Å². The molecule has 0 radical (unpaired) electrons. The van der Waals surface area contributed by atoms with Crippen molar-refractivity contribution >= 4 is 17.5 Å². The largest absolute Gasteiger partial charge is 0.508 e. The van der Waals surface area contributed by atoms with E-state index in [-0.39, 0.29) is 11.7 Å². The zero-order valence-electron chi connectivity index (χ0n) is 10.4. The molecule has 0 unspecified atom stereocenters. The first-order chi connectivity index (χ1) is 9.04. The molecule has 0 saturated carbocycles. The Kier molecular flexibility index (Phi) is 4.02. The number of rotatable bonds is 3. The van der Waals surface area contributed by atoms with Gasteiger partial charge in [0.1, 0.15) is 10.9 Å². The number of carbonyl (C=O) groups is 1. The molecule has 4 nitrogen and oxygen atoms in total. The summed E-state index contributed by atoms with van der Waals surface area (Å²) >= 11 is 5.81. The predicted octanol–water partition coefficient (Wildman–Crippen LogP) is 2.68. The minimum absolute atomic E-state index is 0.201. The summed E-state index contributed by atoms with van der Waals surface area (Å²) in [5, 5.41) is 12.2. The molecule has 0 aliphatic heterocycles. The third kappa shape index (κ3) is 3.69. The average molecular weight is 277 g/mol. The fourth-order valence-electron chi connectivity index (χ4n) is 1.66. The van der Waals surface area contributed by atoms with Gasteiger partial charge in [0, 0.05) is 17.8 Å². The quantitative estimate of drug-likeness (QED) is 0.847. The zero-order chi connectivity index (χ0) is 13.8. The van der Waals surface area contributed by atoms with Crippen molar-refractivity contribution in [2.75, 3.05) is 0 Å². The summed E-state index contributed by atoms with van der Waals surface area (Å²) in [6.07, 6.45) is 0. The van der Waals surface area contributed by atoms with Crippen molar-refractivity contribution in [1.82, 2.24) is 10.3 Å². The Labute approximate surface area is 116 Å². The van der Waals surface area contributed by atoms with Gasteiger partial charge in [-0.3, -0.25) is 4.79 Å². The molecule has 1 aromatic heterocycles. The smallest absolute Gasteiger partial charge is 0.251 e. The number of aromatic nitrogens is 1. The second kappa shape index (κ2) is 5.71. The molecule has 19 heavy (non-hydrogen) atoms. The van der Waals surface area contributed by atoms with E-state index in [4.69, 9.17) is 16.7 Å². The maximum atomic E-state index is 11.9. The number of aromatic hydroxyl groups is 1. The normalized spacial score (nSPS) is 10.2. The summed E-state index contributed by atoms with van der Waals surface area (Å²) in [5.74, 6) is -0.00732. The number of halogens is 1. The number of hydrogen-bond donors (Lipinski definition) is 2. The third-order valence-corrected chi connectivity index (χ3v) is 2.77. The van der Waals surface area contributed by atoms with Crippen molar-refractivity contribution < 1.29 is 9.90 Å². The third-order valence-electron chi connectivity index (χ3n) is 2.57. The lowest BCUT2D eigenvalue weighted by molar-refractivity contribution is 0.0950. The van der Waals surface area contributed by atoms with E-state index in [9.17, 15) is 4.79 Å². The number of benzene rings is 1. The van der Waals surface area contributed by atoms with Crippen molar-refractivity contribution in [1.29, 1.82) is 0 Å². The number of aryl methyl sites for hydroxylation is 1. The van der Waals surface area contributed by atoms with Gasteiger partial charge in [-0.15, -0.1) is 0 Å². The summed E-state index contributed by atoms with van der Waals surface area (Å²) in [4.78, 5) is 15.9. The number of phenols is 1. The molecular weight excluding hydrogens is 264 g/mol. The highest BCUT2D eigenvalue weighted by Gasteiger charge is 2.07. The number of amides is 1. The van der Waals surface area contributed by atoms with Gasteiger partial charge in [0.25, 0.3) is 5.91 Å². The van der Waals surface area contributed by atoms with E-state index in [1.807, 2.05) is 0 Å². The van der Waals surface area contributed by atoms with Gasteiger partial charge in [-0.1, -0.05) is 23.7 Å². The van der Waals surface area contributed by atoms with Crippen molar-refractivity contribution in [3.05, 3.63) is 58.4 Å². The Hall–Kier alpha value is -2.07. The summed E-state index contributed by atoms with van der Waals surface area (Å²) in [6.45, 7) is 2.17. The second-order valence-electron chi connectivity index (χ2n) is 4.17. The molecule has 0 spiro atoms. The monoisotopic (exact) mass is 276 g/mol. The molecule has 0 fully saturated rings. The number of nitrogens with zero attached hydrogens (tertiary/aromatic N) is 1. The van der Waals surface area contributed by atoms with Gasteiger partial charge in [-0.2, -0.15) is 0 Å². The van der Waals surface area contributed by atoms with Gasteiger partial charge in [0.05, 0.1) is 0 Å². The molecule has 0 bridgehead atoms. The molecule has 2 aromatic rings. The van der Waals surface area contributed by atoms with Crippen LogP contribution >= 0.6 is 11.6 Å². The van der Waals surface area contributed by atoms with Gasteiger partial charge < -0.3 is 10.4 Å². The summed E-state index contributed by atoms with van der Waals surface area (Å²) < 4.78 is 0. The maximum absolute atomic E-state index is 11.9. The molecular formula is C14H13ClN2O2. The highest BCUT2D eigenvalue weighted by molar-refractivity contribution is 6.29. The minimum Gasteiger partial charge on any atom is -0.508 e. The van der Waals surface area contributed by atoms with Crippen LogP contribution in [0.1, 0.15) is 21.6 Å². The maximum Gasteiger partial charge on any atom is 0.251 e. The molecule has 1 amide bonds. The Bertz CT molecular complexity index is 577. The van der Waals surface area contributed by atoms with Crippen LogP contribution in [-0.2, 0) is 6.54 Å². The first kappa shape index (κ1) is 13.4. The zero-order valence-corrected chi connectivity index (χ0v) is 11.1. The van der Waals surface area contributed by atoms with E-state index < -0.39 is 0 Å². The topological polar surface area (TPSA) is 62.2 Å². The Morgan fingerprint density at radius 2 is 2.00 bits per heavy atom. The Morgan fingerprint density at radius 3 is 2.63 bits per heavy atom.